The number of sulfone groups is 1. The van der Waals surface area contributed by atoms with E-state index >= 15 is 0 Å². The monoisotopic (exact) mass is 478 g/mol. The molecule has 0 bridgehead atoms. The molecule has 1 atom stereocenters. The normalized spacial score (nSPS) is 17.3. The molecule has 1 aromatic carbocycles. The van der Waals surface area contributed by atoms with Gasteiger partial charge in [-0.05, 0) is 50.1 Å². The molecule has 1 amide bonds. The summed E-state index contributed by atoms with van der Waals surface area (Å²) in [4.78, 5) is 30.5. The molecule has 1 saturated heterocycles. The minimum atomic E-state index is -3.21. The summed E-state index contributed by atoms with van der Waals surface area (Å²) < 4.78 is 30.6. The Bertz CT molecular complexity index is 1520. The van der Waals surface area contributed by atoms with Crippen molar-refractivity contribution in [2.75, 3.05) is 11.5 Å². The van der Waals surface area contributed by atoms with Gasteiger partial charge in [-0.25, -0.2) is 8.42 Å². The smallest absolute Gasteiger partial charge is 0.269 e. The van der Waals surface area contributed by atoms with Gasteiger partial charge in [-0.3, -0.25) is 14.0 Å². The van der Waals surface area contributed by atoms with Gasteiger partial charge in [0.15, 0.2) is 9.84 Å². The van der Waals surface area contributed by atoms with Crippen LogP contribution in [0, 0.1) is 25.2 Å². The second-order valence-corrected chi connectivity index (χ2v) is 10.4. The summed E-state index contributed by atoms with van der Waals surface area (Å²) >= 11 is 0. The van der Waals surface area contributed by atoms with Crippen LogP contribution in [0.3, 0.4) is 0 Å². The average Bonchev–Trinajstić information content (AvgIpc) is 3.14. The van der Waals surface area contributed by atoms with Crippen LogP contribution in [0.5, 0.6) is 11.6 Å². The van der Waals surface area contributed by atoms with Gasteiger partial charge >= 0.3 is 0 Å². The van der Waals surface area contributed by atoms with E-state index < -0.39 is 27.3 Å². The van der Waals surface area contributed by atoms with Gasteiger partial charge in [0.2, 0.25) is 5.88 Å². The van der Waals surface area contributed by atoms with E-state index in [1.54, 1.807) is 43.5 Å². The Morgan fingerprint density at radius 1 is 1.26 bits per heavy atom. The Labute approximate surface area is 196 Å². The van der Waals surface area contributed by atoms with Crippen LogP contribution < -0.4 is 15.6 Å². The van der Waals surface area contributed by atoms with Gasteiger partial charge in [0, 0.05) is 12.2 Å². The van der Waals surface area contributed by atoms with Gasteiger partial charge in [0.25, 0.3) is 11.5 Å². The van der Waals surface area contributed by atoms with Gasteiger partial charge < -0.3 is 10.1 Å². The van der Waals surface area contributed by atoms with Crippen LogP contribution in [0.4, 0.5) is 0 Å². The Morgan fingerprint density at radius 2 is 2.00 bits per heavy atom. The lowest BCUT2D eigenvalue weighted by atomic mass is 10.1. The molecule has 1 aliphatic rings. The van der Waals surface area contributed by atoms with E-state index in [4.69, 9.17) is 4.74 Å². The summed E-state index contributed by atoms with van der Waals surface area (Å²) in [5, 5.41) is 12.2. The molecule has 2 aromatic heterocycles. The number of hydrogen-bond donors (Lipinski definition) is 1. The Kier molecular flexibility index (Phi) is 6.22. The predicted molar refractivity (Wildman–Crippen MR) is 126 cm³/mol. The second-order valence-electron chi connectivity index (χ2n) is 8.18. The standard InChI is InChI=1S/C24H22N4O5S/c1-15-5-7-19(8-6-15)33-23-20(24(30)28-10-3-4-16(2)21(28)27-23)12-17(13-25)22(29)26-18-9-11-34(31,32)14-18/h3-8,10,12,18H,9,11,14H2,1-2H3,(H,26,29)/b17-12+/t18-/m0/s1. The van der Waals surface area contributed by atoms with E-state index in [0.717, 1.165) is 17.2 Å². The number of fused-ring (bicyclic) bond motifs is 1. The van der Waals surface area contributed by atoms with Gasteiger partial charge in [0.1, 0.15) is 28.6 Å². The van der Waals surface area contributed by atoms with Crippen molar-refractivity contribution in [2.45, 2.75) is 26.3 Å². The first kappa shape index (κ1) is 23.2. The van der Waals surface area contributed by atoms with E-state index in [2.05, 4.69) is 10.3 Å². The zero-order valence-electron chi connectivity index (χ0n) is 18.6. The van der Waals surface area contributed by atoms with Crippen LogP contribution >= 0.6 is 0 Å². The van der Waals surface area contributed by atoms with Crippen molar-refractivity contribution in [1.29, 1.82) is 5.26 Å². The summed E-state index contributed by atoms with van der Waals surface area (Å²) in [6, 6.07) is 11.8. The van der Waals surface area contributed by atoms with Crippen LogP contribution in [-0.4, -0.2) is 41.3 Å². The molecular formula is C24H22N4O5S. The number of amides is 1. The van der Waals surface area contributed by atoms with Crippen molar-refractivity contribution < 1.29 is 17.9 Å². The number of carbonyl (C=O) groups is 1. The van der Waals surface area contributed by atoms with Gasteiger partial charge in [-0.2, -0.15) is 10.2 Å². The lowest BCUT2D eigenvalue weighted by Gasteiger charge is -2.12. The highest BCUT2D eigenvalue weighted by atomic mass is 32.2. The van der Waals surface area contributed by atoms with Crippen molar-refractivity contribution in [1.82, 2.24) is 14.7 Å². The van der Waals surface area contributed by atoms with E-state index in [-0.39, 0.29) is 34.9 Å². The minimum absolute atomic E-state index is 0.0205. The zero-order valence-corrected chi connectivity index (χ0v) is 19.4. The highest BCUT2D eigenvalue weighted by molar-refractivity contribution is 7.91. The second kappa shape index (κ2) is 9.11. The minimum Gasteiger partial charge on any atom is -0.438 e. The highest BCUT2D eigenvalue weighted by Crippen LogP contribution is 2.25. The zero-order chi connectivity index (χ0) is 24.5. The first-order chi connectivity index (χ1) is 16.2. The number of hydrogen-bond acceptors (Lipinski definition) is 7. The molecular weight excluding hydrogens is 456 g/mol. The highest BCUT2D eigenvalue weighted by Gasteiger charge is 2.30. The Balaban J connectivity index is 1.78. The summed E-state index contributed by atoms with van der Waals surface area (Å²) in [5.74, 6) is -0.581. The molecule has 3 aromatic rings. The molecule has 0 spiro atoms. The van der Waals surface area contributed by atoms with Crippen LogP contribution in [0.1, 0.15) is 23.1 Å². The van der Waals surface area contributed by atoms with Gasteiger partial charge in [0.05, 0.1) is 11.5 Å². The van der Waals surface area contributed by atoms with E-state index in [0.29, 0.717) is 11.4 Å². The van der Waals surface area contributed by atoms with E-state index in [1.807, 2.05) is 19.1 Å². The fourth-order valence-corrected chi connectivity index (χ4v) is 5.35. The number of carbonyl (C=O) groups excluding carboxylic acids is 1. The summed E-state index contributed by atoms with van der Waals surface area (Å²) in [6.07, 6.45) is 2.95. The van der Waals surface area contributed by atoms with Gasteiger partial charge in [-0.15, -0.1) is 0 Å². The van der Waals surface area contributed by atoms with Crippen molar-refractivity contribution >= 4 is 27.5 Å². The first-order valence-electron chi connectivity index (χ1n) is 10.6. The third-order valence-electron chi connectivity index (χ3n) is 5.51. The van der Waals surface area contributed by atoms with Crippen molar-refractivity contribution in [2.24, 2.45) is 0 Å². The molecule has 0 unspecified atom stereocenters. The largest absolute Gasteiger partial charge is 0.438 e. The van der Waals surface area contributed by atoms with Gasteiger partial charge in [-0.1, -0.05) is 23.8 Å². The quantitative estimate of drug-likeness (QED) is 0.440. The number of pyridine rings is 1. The van der Waals surface area contributed by atoms with Crippen LogP contribution in [-0.2, 0) is 14.6 Å². The number of nitriles is 1. The predicted octanol–water partition coefficient (Wildman–Crippen LogP) is 2.31. The molecule has 1 N–H and O–H groups in total. The Morgan fingerprint density at radius 3 is 2.65 bits per heavy atom. The van der Waals surface area contributed by atoms with Crippen LogP contribution in [0.2, 0.25) is 0 Å². The number of nitrogens with zero attached hydrogens (tertiary/aromatic N) is 3. The molecule has 34 heavy (non-hydrogen) atoms. The molecule has 4 rings (SSSR count). The molecule has 0 aliphatic carbocycles. The Hall–Kier alpha value is -3.97. The van der Waals surface area contributed by atoms with Crippen LogP contribution in [0.15, 0.2) is 53.0 Å². The number of rotatable bonds is 5. The third kappa shape index (κ3) is 4.84. The van der Waals surface area contributed by atoms with E-state index in [1.165, 1.54) is 4.40 Å². The maximum Gasteiger partial charge on any atom is 0.269 e. The summed E-state index contributed by atoms with van der Waals surface area (Å²) in [6.45, 7) is 3.73. The fraction of sp³-hybridized carbons (Fsp3) is 0.250. The van der Waals surface area contributed by atoms with Crippen molar-refractivity contribution in [3.63, 3.8) is 0 Å². The molecule has 9 nitrogen and oxygen atoms in total. The molecule has 3 heterocycles. The molecule has 1 aliphatic heterocycles. The molecule has 1 fully saturated rings. The topological polar surface area (TPSA) is 131 Å². The maximum absolute atomic E-state index is 13.3. The maximum atomic E-state index is 13.3. The van der Waals surface area contributed by atoms with Crippen LogP contribution in [0.25, 0.3) is 11.7 Å². The number of benzene rings is 1. The number of nitrogens with one attached hydrogen (secondary N) is 1. The SMILES string of the molecule is Cc1ccc(Oc2nc3c(C)cccn3c(=O)c2/C=C(\C#N)C(=O)N[C@H]2CCS(=O)(=O)C2)cc1. The third-order valence-corrected chi connectivity index (χ3v) is 7.27. The first-order valence-corrected chi connectivity index (χ1v) is 12.4. The lowest BCUT2D eigenvalue weighted by molar-refractivity contribution is -0.117. The molecule has 10 heteroatoms. The van der Waals surface area contributed by atoms with E-state index in [9.17, 15) is 23.3 Å². The van der Waals surface area contributed by atoms with Crippen molar-refractivity contribution in [3.05, 3.63) is 75.2 Å². The number of aryl methyl sites for hydroxylation is 2. The average molecular weight is 479 g/mol. The molecule has 0 radical (unpaired) electrons. The molecule has 174 valence electrons. The fourth-order valence-electron chi connectivity index (χ4n) is 3.68. The number of ether oxygens (including phenoxy) is 1. The summed E-state index contributed by atoms with van der Waals surface area (Å²) in [7, 11) is -3.21. The molecule has 0 saturated carbocycles. The summed E-state index contributed by atoms with van der Waals surface area (Å²) in [5.41, 5.74) is 1.20. The lowest BCUT2D eigenvalue weighted by Crippen LogP contribution is -2.36. The van der Waals surface area contributed by atoms with Crippen molar-refractivity contribution in [3.8, 4) is 17.7 Å². The number of aromatic nitrogens is 2.